The van der Waals surface area contributed by atoms with Gasteiger partial charge in [0, 0.05) is 0 Å². The third kappa shape index (κ3) is 3.65. The van der Waals surface area contributed by atoms with Crippen LogP contribution in [0.2, 0.25) is 0 Å². The van der Waals surface area contributed by atoms with Crippen molar-refractivity contribution in [1.29, 1.82) is 0 Å². The maximum absolute atomic E-state index is 13.2. The summed E-state index contributed by atoms with van der Waals surface area (Å²) in [6, 6.07) is 10.2. The molecule has 0 unspecified atom stereocenters. The molecule has 0 radical (unpaired) electrons. The zero-order chi connectivity index (χ0) is 19.6. The molecule has 1 N–H and O–H groups in total. The molecule has 1 aliphatic heterocycles. The van der Waals surface area contributed by atoms with Crippen molar-refractivity contribution >= 4 is 40.9 Å². The predicted octanol–water partition coefficient (Wildman–Crippen LogP) is 2.67. The molecule has 1 fully saturated rings. The largest absolute Gasteiger partial charge is 0.493 e. The Bertz CT molecular complexity index is 957. The summed E-state index contributed by atoms with van der Waals surface area (Å²) in [5, 5.41) is 2.41. The molecule has 27 heavy (non-hydrogen) atoms. The highest BCUT2D eigenvalue weighted by Gasteiger charge is 2.34. The summed E-state index contributed by atoms with van der Waals surface area (Å²) in [5.41, 5.74) is 0.808. The molecule has 2 aromatic carbocycles. The third-order valence-electron chi connectivity index (χ3n) is 3.91. The van der Waals surface area contributed by atoms with Crippen LogP contribution in [0.3, 0.4) is 0 Å². The number of hydrogen-bond donors (Lipinski definition) is 1. The summed E-state index contributed by atoms with van der Waals surface area (Å²) < 4.78 is 23.6. The minimum Gasteiger partial charge on any atom is -0.493 e. The van der Waals surface area contributed by atoms with Gasteiger partial charge in [0.1, 0.15) is 11.4 Å². The molecule has 0 atom stereocenters. The van der Waals surface area contributed by atoms with Crippen LogP contribution in [-0.4, -0.2) is 31.1 Å². The van der Waals surface area contributed by atoms with Gasteiger partial charge >= 0.3 is 0 Å². The first-order chi connectivity index (χ1) is 12.9. The molecule has 3 rings (SSSR count). The number of carbonyl (C=O) groups is 2. The van der Waals surface area contributed by atoms with E-state index in [-0.39, 0.29) is 10.7 Å². The summed E-state index contributed by atoms with van der Waals surface area (Å²) in [6.45, 7) is 0. The van der Waals surface area contributed by atoms with Gasteiger partial charge in [0.2, 0.25) is 0 Å². The molecule has 138 valence electrons. The van der Waals surface area contributed by atoms with Crippen LogP contribution in [-0.2, 0) is 9.59 Å². The molecule has 8 heteroatoms. The Morgan fingerprint density at radius 1 is 1.04 bits per heavy atom. The van der Waals surface area contributed by atoms with Gasteiger partial charge < -0.3 is 9.47 Å². The highest BCUT2D eigenvalue weighted by Crippen LogP contribution is 2.29. The lowest BCUT2D eigenvalue weighted by molar-refractivity contribution is -0.122. The van der Waals surface area contributed by atoms with Crippen molar-refractivity contribution in [3.05, 3.63) is 59.4 Å². The maximum atomic E-state index is 13.2. The predicted molar refractivity (Wildman–Crippen MR) is 102 cm³/mol. The van der Waals surface area contributed by atoms with Gasteiger partial charge in [-0.3, -0.25) is 19.8 Å². The highest BCUT2D eigenvalue weighted by atomic mass is 32.1. The molecule has 0 saturated carbocycles. The molecule has 0 aromatic heterocycles. The molecule has 1 heterocycles. The third-order valence-corrected chi connectivity index (χ3v) is 4.19. The zero-order valence-corrected chi connectivity index (χ0v) is 15.3. The van der Waals surface area contributed by atoms with Crippen LogP contribution in [0.15, 0.2) is 48.0 Å². The smallest absolute Gasteiger partial charge is 0.270 e. The van der Waals surface area contributed by atoms with Gasteiger partial charge in [0.15, 0.2) is 16.6 Å². The first-order valence-corrected chi connectivity index (χ1v) is 8.24. The lowest BCUT2D eigenvalue weighted by atomic mass is 10.1. The van der Waals surface area contributed by atoms with Crippen molar-refractivity contribution in [1.82, 2.24) is 5.32 Å². The molecule has 6 nitrogen and oxygen atoms in total. The van der Waals surface area contributed by atoms with E-state index in [4.69, 9.17) is 21.7 Å². The minimum atomic E-state index is -0.613. The van der Waals surface area contributed by atoms with Crippen molar-refractivity contribution in [2.75, 3.05) is 19.1 Å². The Hall–Kier alpha value is -3.26. The number of hydrogen-bond acceptors (Lipinski definition) is 5. The number of methoxy groups -OCH3 is 2. The van der Waals surface area contributed by atoms with Crippen LogP contribution in [0.4, 0.5) is 10.1 Å². The number of ether oxygens (including phenoxy) is 2. The Kier molecular flexibility index (Phi) is 5.18. The van der Waals surface area contributed by atoms with Crippen LogP contribution in [0.5, 0.6) is 11.5 Å². The molecular formula is C19H15FN2O4S. The number of carbonyl (C=O) groups excluding carboxylic acids is 2. The second-order valence-electron chi connectivity index (χ2n) is 5.55. The molecule has 2 amide bonds. The summed E-state index contributed by atoms with van der Waals surface area (Å²) in [4.78, 5) is 26.3. The monoisotopic (exact) mass is 386 g/mol. The van der Waals surface area contributed by atoms with E-state index in [1.165, 1.54) is 44.6 Å². The second-order valence-corrected chi connectivity index (χ2v) is 5.94. The number of nitrogens with one attached hydrogen (secondary N) is 1. The average Bonchev–Trinajstić information content (AvgIpc) is 2.66. The fraction of sp³-hybridized carbons (Fsp3) is 0.105. The van der Waals surface area contributed by atoms with Crippen molar-refractivity contribution in [2.45, 2.75) is 0 Å². The quantitative estimate of drug-likeness (QED) is 0.497. The van der Waals surface area contributed by atoms with Crippen molar-refractivity contribution in [3.63, 3.8) is 0 Å². The molecule has 0 bridgehead atoms. The Labute approximate surface area is 160 Å². The SMILES string of the molecule is COc1ccc(/C=C2/C(=O)NC(=S)N(c3ccc(F)cc3)C2=O)cc1OC. The molecule has 2 aromatic rings. The Morgan fingerprint density at radius 2 is 1.70 bits per heavy atom. The highest BCUT2D eigenvalue weighted by molar-refractivity contribution is 7.80. The Balaban J connectivity index is 2.00. The van der Waals surface area contributed by atoms with E-state index >= 15 is 0 Å². The number of amides is 2. The van der Waals surface area contributed by atoms with Gasteiger partial charge in [-0.1, -0.05) is 6.07 Å². The van der Waals surface area contributed by atoms with E-state index in [1.807, 2.05) is 0 Å². The summed E-state index contributed by atoms with van der Waals surface area (Å²) in [6.07, 6.45) is 1.43. The number of halogens is 1. The Morgan fingerprint density at radius 3 is 2.33 bits per heavy atom. The van der Waals surface area contributed by atoms with Gasteiger partial charge in [-0.05, 0) is 60.3 Å². The van der Waals surface area contributed by atoms with Gasteiger partial charge in [0.25, 0.3) is 11.8 Å². The number of thiocarbonyl (C=S) groups is 1. The van der Waals surface area contributed by atoms with Gasteiger partial charge in [-0.25, -0.2) is 4.39 Å². The lowest BCUT2D eigenvalue weighted by Crippen LogP contribution is -2.54. The summed E-state index contributed by atoms with van der Waals surface area (Å²) in [5.74, 6) is -0.683. The van der Waals surface area contributed by atoms with Crippen LogP contribution in [0.1, 0.15) is 5.56 Å². The zero-order valence-electron chi connectivity index (χ0n) is 14.5. The van der Waals surface area contributed by atoms with E-state index in [0.29, 0.717) is 22.7 Å². The summed E-state index contributed by atoms with van der Waals surface area (Å²) >= 11 is 5.10. The molecule has 1 saturated heterocycles. The first-order valence-electron chi connectivity index (χ1n) is 7.83. The minimum absolute atomic E-state index is 0.0685. The van der Waals surface area contributed by atoms with E-state index in [9.17, 15) is 14.0 Å². The fourth-order valence-corrected chi connectivity index (χ4v) is 2.87. The molecule has 0 spiro atoms. The van der Waals surface area contributed by atoms with Crippen LogP contribution in [0.25, 0.3) is 6.08 Å². The van der Waals surface area contributed by atoms with Crippen molar-refractivity contribution < 1.29 is 23.5 Å². The second kappa shape index (κ2) is 7.55. The number of anilines is 1. The summed E-state index contributed by atoms with van der Waals surface area (Å²) in [7, 11) is 3.00. The standard InChI is InChI=1S/C19H15FN2O4S/c1-25-15-8-3-11(10-16(15)26-2)9-14-17(23)21-19(27)22(18(14)24)13-6-4-12(20)5-7-13/h3-10H,1-2H3,(H,21,23,27)/b14-9-. The number of rotatable bonds is 4. The van der Waals surface area contributed by atoms with Crippen LogP contribution >= 0.6 is 12.2 Å². The molecular weight excluding hydrogens is 371 g/mol. The number of nitrogens with zero attached hydrogens (tertiary/aromatic N) is 1. The van der Waals surface area contributed by atoms with E-state index in [1.54, 1.807) is 18.2 Å². The molecule has 0 aliphatic carbocycles. The van der Waals surface area contributed by atoms with Crippen LogP contribution in [0, 0.1) is 5.82 Å². The topological polar surface area (TPSA) is 67.9 Å². The van der Waals surface area contributed by atoms with E-state index in [0.717, 1.165) is 4.90 Å². The van der Waals surface area contributed by atoms with E-state index < -0.39 is 17.6 Å². The average molecular weight is 386 g/mol. The van der Waals surface area contributed by atoms with E-state index in [2.05, 4.69) is 5.32 Å². The van der Waals surface area contributed by atoms with Crippen LogP contribution < -0.4 is 19.7 Å². The van der Waals surface area contributed by atoms with Gasteiger partial charge in [-0.2, -0.15) is 0 Å². The first kappa shape index (κ1) is 18.5. The maximum Gasteiger partial charge on any atom is 0.270 e. The van der Waals surface area contributed by atoms with Gasteiger partial charge in [0.05, 0.1) is 19.9 Å². The lowest BCUT2D eigenvalue weighted by Gasteiger charge is -2.28. The normalized spacial score (nSPS) is 15.7. The van der Waals surface area contributed by atoms with Gasteiger partial charge in [-0.15, -0.1) is 0 Å². The molecule has 1 aliphatic rings. The number of benzene rings is 2. The fourth-order valence-electron chi connectivity index (χ4n) is 2.59. The van der Waals surface area contributed by atoms with Crippen molar-refractivity contribution in [2.24, 2.45) is 0 Å². The van der Waals surface area contributed by atoms with Crippen molar-refractivity contribution in [3.8, 4) is 11.5 Å².